The molecule has 0 saturated heterocycles. The van der Waals surface area contributed by atoms with Gasteiger partial charge in [-0.2, -0.15) is 5.26 Å². The van der Waals surface area contributed by atoms with Crippen molar-refractivity contribution < 1.29 is 4.74 Å². The molecule has 4 heteroatoms. The Hall–Kier alpha value is -2.77. The first-order valence-electron chi connectivity index (χ1n) is 6.93. The number of thiophene rings is 1. The molecule has 106 valence electrons. The van der Waals surface area contributed by atoms with Gasteiger partial charge in [-0.15, -0.1) is 11.3 Å². The Morgan fingerprint density at radius 1 is 1.05 bits per heavy atom. The van der Waals surface area contributed by atoms with E-state index in [-0.39, 0.29) is 11.8 Å². The molecule has 0 saturated carbocycles. The third kappa shape index (κ3) is 1.80. The third-order valence-electron chi connectivity index (χ3n) is 3.86. The molecule has 1 aliphatic rings. The van der Waals surface area contributed by atoms with E-state index in [2.05, 4.69) is 12.1 Å². The van der Waals surface area contributed by atoms with Gasteiger partial charge in [0.2, 0.25) is 5.88 Å². The fourth-order valence-electron chi connectivity index (χ4n) is 2.86. The lowest BCUT2D eigenvalue weighted by atomic mass is 9.88. The highest BCUT2D eigenvalue weighted by Crippen LogP contribution is 2.50. The molecule has 3 nitrogen and oxygen atoms in total. The van der Waals surface area contributed by atoms with Gasteiger partial charge in [0, 0.05) is 10.1 Å². The molecule has 3 aromatic rings. The first-order valence-corrected chi connectivity index (χ1v) is 7.75. The number of nitriles is 1. The van der Waals surface area contributed by atoms with Crippen LogP contribution in [0.25, 0.3) is 10.1 Å². The molecule has 1 atom stereocenters. The van der Waals surface area contributed by atoms with Crippen molar-refractivity contribution in [2.45, 2.75) is 5.92 Å². The maximum Gasteiger partial charge on any atom is 0.205 e. The SMILES string of the molecule is N#CC1=C(N)Oc2c(sc3ccccc23)[C@@H]1c1ccccc1. The summed E-state index contributed by atoms with van der Waals surface area (Å²) >= 11 is 1.66. The summed E-state index contributed by atoms with van der Waals surface area (Å²) in [6, 6.07) is 20.3. The van der Waals surface area contributed by atoms with Crippen LogP contribution >= 0.6 is 11.3 Å². The quantitative estimate of drug-likeness (QED) is 0.735. The molecule has 0 radical (unpaired) electrons. The second-order valence-electron chi connectivity index (χ2n) is 5.13. The molecule has 0 amide bonds. The molecule has 1 aromatic heterocycles. The van der Waals surface area contributed by atoms with Crippen LogP contribution in [0.2, 0.25) is 0 Å². The van der Waals surface area contributed by atoms with Crippen molar-refractivity contribution >= 4 is 21.4 Å². The smallest absolute Gasteiger partial charge is 0.205 e. The summed E-state index contributed by atoms with van der Waals surface area (Å²) in [5, 5.41) is 10.6. The molecular formula is C18H12N2OS. The second kappa shape index (κ2) is 4.90. The van der Waals surface area contributed by atoms with Crippen LogP contribution in [0.15, 0.2) is 66.1 Å². The Kier molecular flexibility index (Phi) is 2.88. The lowest BCUT2D eigenvalue weighted by Crippen LogP contribution is -2.19. The molecule has 0 unspecified atom stereocenters. The highest BCUT2D eigenvalue weighted by Gasteiger charge is 2.33. The van der Waals surface area contributed by atoms with Crippen LogP contribution in [0.1, 0.15) is 16.4 Å². The molecule has 2 heterocycles. The minimum atomic E-state index is -0.160. The number of rotatable bonds is 1. The molecule has 4 rings (SSSR count). The number of hydrogen-bond acceptors (Lipinski definition) is 4. The lowest BCUT2D eigenvalue weighted by Gasteiger charge is -2.23. The molecule has 2 aromatic carbocycles. The van der Waals surface area contributed by atoms with Crippen molar-refractivity contribution in [3.8, 4) is 11.8 Å². The van der Waals surface area contributed by atoms with Crippen LogP contribution in [0.4, 0.5) is 0 Å². The Labute approximate surface area is 131 Å². The number of nitrogens with zero attached hydrogens (tertiary/aromatic N) is 1. The van der Waals surface area contributed by atoms with Crippen LogP contribution in [0.3, 0.4) is 0 Å². The Bertz CT molecular complexity index is 935. The summed E-state index contributed by atoms with van der Waals surface area (Å²) in [6.45, 7) is 0. The Morgan fingerprint density at radius 3 is 2.55 bits per heavy atom. The van der Waals surface area contributed by atoms with Crippen LogP contribution in [0, 0.1) is 11.3 Å². The number of ether oxygens (including phenoxy) is 1. The number of hydrogen-bond donors (Lipinski definition) is 1. The van der Waals surface area contributed by atoms with Crippen LogP contribution in [0.5, 0.6) is 5.75 Å². The van der Waals surface area contributed by atoms with E-state index in [1.165, 1.54) is 0 Å². The van der Waals surface area contributed by atoms with Crippen LogP contribution < -0.4 is 10.5 Å². The predicted molar refractivity (Wildman–Crippen MR) is 87.6 cm³/mol. The number of nitrogens with two attached hydrogens (primary N) is 1. The normalized spacial score (nSPS) is 17.0. The molecule has 0 aliphatic carbocycles. The van der Waals surface area contributed by atoms with Crippen molar-refractivity contribution in [1.29, 1.82) is 5.26 Å². The lowest BCUT2D eigenvalue weighted by molar-refractivity contribution is 0.401. The molecule has 0 spiro atoms. The van der Waals surface area contributed by atoms with Crippen molar-refractivity contribution in [2.24, 2.45) is 5.73 Å². The predicted octanol–water partition coefficient (Wildman–Crippen LogP) is 4.12. The molecule has 0 fully saturated rings. The largest absolute Gasteiger partial charge is 0.439 e. The minimum absolute atomic E-state index is 0.160. The van der Waals surface area contributed by atoms with E-state index in [0.29, 0.717) is 5.57 Å². The van der Waals surface area contributed by atoms with Gasteiger partial charge in [0.1, 0.15) is 11.6 Å². The first kappa shape index (κ1) is 12.9. The van der Waals surface area contributed by atoms with Crippen molar-refractivity contribution in [2.75, 3.05) is 0 Å². The van der Waals surface area contributed by atoms with Crippen molar-refractivity contribution in [1.82, 2.24) is 0 Å². The van der Waals surface area contributed by atoms with E-state index in [4.69, 9.17) is 10.5 Å². The van der Waals surface area contributed by atoms with Gasteiger partial charge in [-0.05, 0) is 17.7 Å². The van der Waals surface area contributed by atoms with E-state index in [0.717, 1.165) is 26.3 Å². The summed E-state index contributed by atoms with van der Waals surface area (Å²) in [5.74, 6) is 0.825. The van der Waals surface area contributed by atoms with Gasteiger partial charge in [0.15, 0.2) is 5.75 Å². The monoisotopic (exact) mass is 304 g/mol. The maximum atomic E-state index is 9.53. The molecule has 0 bridgehead atoms. The fourth-order valence-corrected chi connectivity index (χ4v) is 4.13. The van der Waals surface area contributed by atoms with Gasteiger partial charge in [-0.3, -0.25) is 0 Å². The van der Waals surface area contributed by atoms with Gasteiger partial charge in [0.05, 0.1) is 10.8 Å². The van der Waals surface area contributed by atoms with Crippen LogP contribution in [-0.4, -0.2) is 0 Å². The number of benzene rings is 2. The Balaban J connectivity index is 2.02. The molecule has 2 N–H and O–H groups in total. The van der Waals surface area contributed by atoms with E-state index < -0.39 is 0 Å². The maximum absolute atomic E-state index is 9.53. The highest BCUT2D eigenvalue weighted by atomic mass is 32.1. The topological polar surface area (TPSA) is 59.0 Å². The standard InChI is InChI=1S/C18H12N2OS/c19-10-13-15(11-6-2-1-3-7-11)17-16(21-18(13)20)12-8-4-5-9-14(12)22-17/h1-9,15H,20H2/t15-/m1/s1. The summed E-state index contributed by atoms with van der Waals surface area (Å²) in [5.41, 5.74) is 7.55. The number of fused-ring (bicyclic) bond motifs is 3. The van der Waals surface area contributed by atoms with Crippen molar-refractivity contribution in [3.63, 3.8) is 0 Å². The average molecular weight is 304 g/mol. The first-order chi connectivity index (χ1) is 10.8. The van der Waals surface area contributed by atoms with Gasteiger partial charge in [-0.25, -0.2) is 0 Å². The summed E-state index contributed by atoms with van der Waals surface area (Å²) in [4.78, 5) is 1.04. The molecule has 22 heavy (non-hydrogen) atoms. The van der Waals surface area contributed by atoms with Gasteiger partial charge < -0.3 is 10.5 Å². The summed E-state index contributed by atoms with van der Waals surface area (Å²) in [6.07, 6.45) is 0. The van der Waals surface area contributed by atoms with Gasteiger partial charge >= 0.3 is 0 Å². The van der Waals surface area contributed by atoms with E-state index >= 15 is 0 Å². The zero-order valence-corrected chi connectivity index (χ0v) is 12.4. The fraction of sp³-hybridized carbons (Fsp3) is 0.0556. The molecular weight excluding hydrogens is 292 g/mol. The highest BCUT2D eigenvalue weighted by molar-refractivity contribution is 7.19. The summed E-state index contributed by atoms with van der Waals surface area (Å²) in [7, 11) is 0. The molecule has 1 aliphatic heterocycles. The van der Waals surface area contributed by atoms with E-state index in [9.17, 15) is 5.26 Å². The van der Waals surface area contributed by atoms with E-state index in [1.807, 2.05) is 48.5 Å². The van der Waals surface area contributed by atoms with Crippen LogP contribution in [-0.2, 0) is 0 Å². The van der Waals surface area contributed by atoms with Gasteiger partial charge in [0.25, 0.3) is 0 Å². The summed E-state index contributed by atoms with van der Waals surface area (Å²) < 4.78 is 6.92. The third-order valence-corrected chi connectivity index (χ3v) is 5.07. The average Bonchev–Trinajstić information content (AvgIpc) is 2.92. The zero-order valence-electron chi connectivity index (χ0n) is 11.6. The van der Waals surface area contributed by atoms with Gasteiger partial charge in [-0.1, -0.05) is 42.5 Å². The van der Waals surface area contributed by atoms with Crippen molar-refractivity contribution in [3.05, 3.63) is 76.5 Å². The zero-order chi connectivity index (χ0) is 15.1. The van der Waals surface area contributed by atoms with E-state index in [1.54, 1.807) is 11.3 Å². The second-order valence-corrected chi connectivity index (χ2v) is 6.21. The number of allylic oxidation sites excluding steroid dienone is 1. The minimum Gasteiger partial charge on any atom is -0.439 e. The Morgan fingerprint density at radius 2 is 1.77 bits per heavy atom.